The lowest BCUT2D eigenvalue weighted by Gasteiger charge is -2.07. The van der Waals surface area contributed by atoms with E-state index in [1.54, 1.807) is 6.92 Å². The van der Waals surface area contributed by atoms with Gasteiger partial charge >= 0.3 is 6.18 Å². The van der Waals surface area contributed by atoms with Gasteiger partial charge < -0.3 is 4.84 Å². The molecule has 0 amide bonds. The first-order valence-electron chi connectivity index (χ1n) is 4.44. The summed E-state index contributed by atoms with van der Waals surface area (Å²) < 4.78 is 37.0. The Balaban J connectivity index is 3.06. The van der Waals surface area contributed by atoms with Gasteiger partial charge in [0.25, 0.3) is 0 Å². The van der Waals surface area contributed by atoms with E-state index in [0.29, 0.717) is 6.20 Å². The summed E-state index contributed by atoms with van der Waals surface area (Å²) in [5.41, 5.74) is -1.01. The zero-order valence-electron chi connectivity index (χ0n) is 8.55. The summed E-state index contributed by atoms with van der Waals surface area (Å²) in [6.07, 6.45) is -3.87. The molecule has 8 heteroatoms. The van der Waals surface area contributed by atoms with Gasteiger partial charge in [-0.2, -0.15) is 13.2 Å². The van der Waals surface area contributed by atoms with Crippen molar-refractivity contribution < 1.29 is 18.0 Å². The van der Waals surface area contributed by atoms with Crippen LogP contribution in [0.5, 0.6) is 0 Å². The highest BCUT2D eigenvalue weighted by Crippen LogP contribution is 2.31. The van der Waals surface area contributed by atoms with Crippen molar-refractivity contribution in [3.63, 3.8) is 0 Å². The Morgan fingerprint density at radius 3 is 2.65 bits per heavy atom. The molecule has 1 heterocycles. The van der Waals surface area contributed by atoms with E-state index in [1.165, 1.54) is 0 Å². The third kappa shape index (κ3) is 3.74. The van der Waals surface area contributed by atoms with Crippen LogP contribution in [0.15, 0.2) is 17.4 Å². The summed E-state index contributed by atoms with van der Waals surface area (Å²) >= 11 is 11.3. The first-order valence-corrected chi connectivity index (χ1v) is 5.20. The molecule has 0 aliphatic rings. The van der Waals surface area contributed by atoms with Crippen LogP contribution >= 0.6 is 23.2 Å². The Hall–Kier alpha value is -1.01. The molecule has 0 aliphatic carbocycles. The summed E-state index contributed by atoms with van der Waals surface area (Å²) in [5, 5.41) is 2.97. The smallest absolute Gasteiger partial charge is 0.395 e. The van der Waals surface area contributed by atoms with Gasteiger partial charge in [-0.3, -0.25) is 4.98 Å². The topological polar surface area (TPSA) is 34.5 Å². The van der Waals surface area contributed by atoms with E-state index in [2.05, 4.69) is 15.0 Å². The van der Waals surface area contributed by atoms with Crippen molar-refractivity contribution in [1.29, 1.82) is 0 Å². The number of hydrogen-bond donors (Lipinski definition) is 0. The Morgan fingerprint density at radius 2 is 2.18 bits per heavy atom. The number of nitrogens with zero attached hydrogens (tertiary/aromatic N) is 2. The molecular weight excluding hydrogens is 280 g/mol. The number of pyridine rings is 1. The molecule has 1 rings (SSSR count). The molecule has 0 saturated heterocycles. The molecule has 0 bridgehead atoms. The highest BCUT2D eigenvalue weighted by molar-refractivity contribution is 6.70. The van der Waals surface area contributed by atoms with Crippen molar-refractivity contribution in [1.82, 2.24) is 4.98 Å². The molecule has 0 radical (unpaired) electrons. The van der Waals surface area contributed by atoms with Crippen molar-refractivity contribution in [2.75, 3.05) is 6.61 Å². The number of alkyl halides is 3. The number of rotatable bonds is 3. The minimum absolute atomic E-state index is 0.0604. The van der Waals surface area contributed by atoms with Crippen LogP contribution in [0.25, 0.3) is 0 Å². The second-order valence-corrected chi connectivity index (χ2v) is 3.62. The number of aromatic nitrogens is 1. The maximum atomic E-state index is 12.3. The van der Waals surface area contributed by atoms with Crippen LogP contribution in [0.3, 0.4) is 0 Å². The fourth-order valence-electron chi connectivity index (χ4n) is 0.909. The van der Waals surface area contributed by atoms with Crippen LogP contribution in [-0.4, -0.2) is 16.8 Å². The van der Waals surface area contributed by atoms with Crippen LogP contribution in [-0.2, 0) is 11.0 Å². The normalized spacial score (nSPS) is 12.7. The molecule has 0 aromatic carbocycles. The summed E-state index contributed by atoms with van der Waals surface area (Å²) in [6, 6.07) is 0.730. The second kappa shape index (κ2) is 5.55. The van der Waals surface area contributed by atoms with Crippen molar-refractivity contribution >= 4 is 28.4 Å². The summed E-state index contributed by atoms with van der Waals surface area (Å²) in [6.45, 7) is 1.95. The Labute approximate surface area is 105 Å². The minimum Gasteiger partial charge on any atom is -0.395 e. The van der Waals surface area contributed by atoms with Gasteiger partial charge in [0.2, 0.25) is 0 Å². The summed E-state index contributed by atoms with van der Waals surface area (Å²) in [4.78, 5) is 8.14. The molecule has 3 nitrogen and oxygen atoms in total. The lowest BCUT2D eigenvalue weighted by atomic mass is 10.2. The van der Waals surface area contributed by atoms with Gasteiger partial charge in [-0.15, -0.1) is 0 Å². The van der Waals surface area contributed by atoms with E-state index in [9.17, 15) is 13.2 Å². The van der Waals surface area contributed by atoms with Crippen LogP contribution in [0, 0.1) is 0 Å². The molecule has 0 unspecified atom stereocenters. The van der Waals surface area contributed by atoms with Gasteiger partial charge in [0.1, 0.15) is 12.3 Å². The molecule has 17 heavy (non-hydrogen) atoms. The van der Waals surface area contributed by atoms with E-state index < -0.39 is 11.7 Å². The van der Waals surface area contributed by atoms with Crippen molar-refractivity contribution in [2.24, 2.45) is 5.16 Å². The van der Waals surface area contributed by atoms with E-state index in [0.717, 1.165) is 6.07 Å². The molecule has 0 spiro atoms. The predicted molar refractivity (Wildman–Crippen MR) is 58.3 cm³/mol. The number of halogens is 5. The molecule has 0 atom stereocenters. The van der Waals surface area contributed by atoms with E-state index >= 15 is 0 Å². The van der Waals surface area contributed by atoms with Gasteiger partial charge in [0.05, 0.1) is 10.6 Å². The Kier molecular flexibility index (Phi) is 4.59. The summed E-state index contributed by atoms with van der Waals surface area (Å²) in [5.74, 6) is 0. The second-order valence-electron chi connectivity index (χ2n) is 2.85. The zero-order chi connectivity index (χ0) is 13.1. The SMILES string of the molecule is CCON=C(Cl)c1ncc(C(F)(F)F)cc1Cl. The maximum Gasteiger partial charge on any atom is 0.417 e. The highest BCUT2D eigenvalue weighted by Gasteiger charge is 2.31. The molecular formula is C9H7Cl2F3N2O. The maximum absolute atomic E-state index is 12.3. The minimum atomic E-state index is -4.50. The fraction of sp³-hybridized carbons (Fsp3) is 0.333. The Morgan fingerprint density at radius 1 is 1.53 bits per heavy atom. The van der Waals surface area contributed by atoms with Crippen LogP contribution in [0.4, 0.5) is 13.2 Å². The van der Waals surface area contributed by atoms with Gasteiger partial charge in [-0.25, -0.2) is 0 Å². The summed E-state index contributed by atoms with van der Waals surface area (Å²) in [7, 11) is 0. The third-order valence-electron chi connectivity index (χ3n) is 1.64. The third-order valence-corrected chi connectivity index (χ3v) is 2.17. The quantitative estimate of drug-likeness (QED) is 0.627. The fourth-order valence-corrected chi connectivity index (χ4v) is 1.41. The molecule has 0 N–H and O–H groups in total. The molecule has 0 saturated carbocycles. The highest BCUT2D eigenvalue weighted by atomic mass is 35.5. The molecule has 0 aliphatic heterocycles. The molecule has 94 valence electrons. The van der Waals surface area contributed by atoms with E-state index in [4.69, 9.17) is 23.2 Å². The molecule has 1 aromatic heterocycles. The lowest BCUT2D eigenvalue weighted by molar-refractivity contribution is -0.137. The average Bonchev–Trinajstić information content (AvgIpc) is 2.24. The van der Waals surface area contributed by atoms with Crippen molar-refractivity contribution in [3.05, 3.63) is 28.5 Å². The van der Waals surface area contributed by atoms with Crippen molar-refractivity contribution in [2.45, 2.75) is 13.1 Å². The molecule has 0 fully saturated rings. The molecule has 1 aromatic rings. The average molecular weight is 287 g/mol. The first kappa shape index (κ1) is 14.1. The van der Waals surface area contributed by atoms with Crippen LogP contribution < -0.4 is 0 Å². The van der Waals surface area contributed by atoms with E-state index in [-0.39, 0.29) is 22.5 Å². The van der Waals surface area contributed by atoms with Gasteiger partial charge in [-0.05, 0) is 13.0 Å². The van der Waals surface area contributed by atoms with E-state index in [1.807, 2.05) is 0 Å². The predicted octanol–water partition coefficient (Wildman–Crippen LogP) is 3.69. The monoisotopic (exact) mass is 286 g/mol. The van der Waals surface area contributed by atoms with Crippen LogP contribution in [0.2, 0.25) is 5.02 Å². The van der Waals surface area contributed by atoms with Crippen molar-refractivity contribution in [3.8, 4) is 0 Å². The van der Waals surface area contributed by atoms with Gasteiger partial charge in [0.15, 0.2) is 5.17 Å². The zero-order valence-corrected chi connectivity index (χ0v) is 10.1. The van der Waals surface area contributed by atoms with Gasteiger partial charge in [0, 0.05) is 6.20 Å². The van der Waals surface area contributed by atoms with Gasteiger partial charge in [-0.1, -0.05) is 28.4 Å². The lowest BCUT2D eigenvalue weighted by Crippen LogP contribution is -2.08. The Bertz CT molecular complexity index is 435. The number of oxime groups is 1. The number of hydrogen-bond acceptors (Lipinski definition) is 3. The standard InChI is InChI=1S/C9H7Cl2F3N2O/c1-2-17-16-8(11)7-6(10)3-5(4-15-7)9(12,13)14/h3-4H,2H2,1H3. The van der Waals surface area contributed by atoms with Crippen LogP contribution in [0.1, 0.15) is 18.2 Å². The first-order chi connectivity index (χ1) is 7.86. The largest absolute Gasteiger partial charge is 0.417 e.